The molecule has 4 nitrogen and oxygen atoms in total. The number of rotatable bonds is 5. The smallest absolute Gasteiger partial charge is 0.234 e. The maximum absolute atomic E-state index is 11.9. The molecule has 1 heterocycles. The van der Waals surface area contributed by atoms with Crippen molar-refractivity contribution in [3.63, 3.8) is 0 Å². The highest BCUT2D eigenvalue weighted by atomic mass is 32.2. The first-order valence-electron chi connectivity index (χ1n) is 6.24. The molecule has 2 aromatic rings. The van der Waals surface area contributed by atoms with Crippen LogP contribution < -0.4 is 0 Å². The minimum absolute atomic E-state index is 0.0624. The third kappa shape index (κ3) is 3.81. The molecule has 1 aromatic heterocycles. The topological polar surface area (TPSA) is 50.5 Å². The van der Waals surface area contributed by atoms with Crippen molar-refractivity contribution in [1.82, 2.24) is 4.90 Å². The van der Waals surface area contributed by atoms with Gasteiger partial charge < -0.3 is 9.32 Å². The first kappa shape index (κ1) is 14.5. The first-order chi connectivity index (χ1) is 9.56. The van der Waals surface area contributed by atoms with Crippen LogP contribution in [0.1, 0.15) is 5.56 Å². The highest BCUT2D eigenvalue weighted by Crippen LogP contribution is 2.20. The average molecular weight is 291 g/mol. The molecule has 0 aliphatic carbocycles. The van der Waals surface area contributed by atoms with Gasteiger partial charge in [0, 0.05) is 36.2 Å². The van der Waals surface area contributed by atoms with E-state index in [1.807, 2.05) is 36.4 Å². The monoisotopic (exact) mass is 291 g/mol. The summed E-state index contributed by atoms with van der Waals surface area (Å²) in [6, 6.07) is 11.4. The summed E-state index contributed by atoms with van der Waals surface area (Å²) in [6.07, 6.45) is 1.63. The van der Waals surface area contributed by atoms with Crippen LogP contribution in [0.3, 0.4) is 0 Å². The molecular weight excluding hydrogens is 274 g/mol. The molecule has 0 saturated heterocycles. The van der Waals surface area contributed by atoms with Gasteiger partial charge in [-0.15, -0.1) is 0 Å². The zero-order chi connectivity index (χ0) is 14.5. The summed E-state index contributed by atoms with van der Waals surface area (Å²) in [5, 5.41) is 0. The summed E-state index contributed by atoms with van der Waals surface area (Å²) < 4.78 is 17.2. The SMILES string of the molecule is CN(C)C(=O)C[S@@](=O)Cc1ccc(-c2ccco2)cc1. The van der Waals surface area contributed by atoms with Gasteiger partial charge in [-0.1, -0.05) is 24.3 Å². The Morgan fingerprint density at radius 3 is 2.45 bits per heavy atom. The van der Waals surface area contributed by atoms with Crippen molar-refractivity contribution in [2.45, 2.75) is 5.75 Å². The Morgan fingerprint density at radius 1 is 1.20 bits per heavy atom. The molecule has 0 radical (unpaired) electrons. The molecule has 0 fully saturated rings. The molecule has 1 atom stereocenters. The van der Waals surface area contributed by atoms with Crippen LogP contribution in [0.4, 0.5) is 0 Å². The second kappa shape index (κ2) is 6.52. The Labute approximate surface area is 120 Å². The van der Waals surface area contributed by atoms with Gasteiger partial charge in [0.25, 0.3) is 0 Å². The lowest BCUT2D eigenvalue weighted by molar-refractivity contribution is -0.125. The van der Waals surface area contributed by atoms with Crippen molar-refractivity contribution in [3.05, 3.63) is 48.2 Å². The molecule has 0 saturated carbocycles. The van der Waals surface area contributed by atoms with E-state index in [9.17, 15) is 9.00 Å². The number of hydrogen-bond acceptors (Lipinski definition) is 3. The average Bonchev–Trinajstić information content (AvgIpc) is 2.93. The second-order valence-corrected chi connectivity index (χ2v) is 6.15. The molecule has 106 valence electrons. The van der Waals surface area contributed by atoms with Gasteiger partial charge in [-0.3, -0.25) is 9.00 Å². The van der Waals surface area contributed by atoms with Gasteiger partial charge >= 0.3 is 0 Å². The molecular formula is C15H17NO3S. The van der Waals surface area contributed by atoms with Gasteiger partial charge in [0.05, 0.1) is 6.26 Å². The normalized spacial score (nSPS) is 12.1. The van der Waals surface area contributed by atoms with Gasteiger partial charge in [0.2, 0.25) is 5.91 Å². The lowest BCUT2D eigenvalue weighted by Crippen LogP contribution is -2.27. The zero-order valence-corrected chi connectivity index (χ0v) is 12.4. The summed E-state index contributed by atoms with van der Waals surface area (Å²) in [4.78, 5) is 12.9. The summed E-state index contributed by atoms with van der Waals surface area (Å²) in [5.74, 6) is 1.14. The minimum Gasteiger partial charge on any atom is -0.464 e. The lowest BCUT2D eigenvalue weighted by atomic mass is 10.1. The summed E-state index contributed by atoms with van der Waals surface area (Å²) >= 11 is 0. The van der Waals surface area contributed by atoms with E-state index in [0.717, 1.165) is 16.9 Å². The number of carbonyl (C=O) groups is 1. The highest BCUT2D eigenvalue weighted by molar-refractivity contribution is 7.84. The fourth-order valence-electron chi connectivity index (χ4n) is 1.71. The van der Waals surface area contributed by atoms with E-state index < -0.39 is 10.8 Å². The fraction of sp³-hybridized carbons (Fsp3) is 0.267. The van der Waals surface area contributed by atoms with Gasteiger partial charge in [0.15, 0.2) is 0 Å². The van der Waals surface area contributed by atoms with Crippen LogP contribution in [0.15, 0.2) is 47.1 Å². The van der Waals surface area contributed by atoms with E-state index in [1.54, 1.807) is 20.4 Å². The van der Waals surface area contributed by atoms with Crippen molar-refractivity contribution < 1.29 is 13.4 Å². The predicted molar refractivity (Wildman–Crippen MR) is 79.6 cm³/mol. The lowest BCUT2D eigenvalue weighted by Gasteiger charge is -2.09. The van der Waals surface area contributed by atoms with E-state index in [2.05, 4.69) is 0 Å². The molecule has 5 heteroatoms. The predicted octanol–water partition coefficient (Wildman–Crippen LogP) is 2.28. The molecule has 0 aliphatic rings. The summed E-state index contributed by atoms with van der Waals surface area (Å²) in [6.45, 7) is 0. The molecule has 1 aromatic carbocycles. The van der Waals surface area contributed by atoms with E-state index in [-0.39, 0.29) is 11.7 Å². The number of carbonyl (C=O) groups excluding carboxylic acids is 1. The Bertz CT molecular complexity index is 588. The molecule has 1 amide bonds. The largest absolute Gasteiger partial charge is 0.464 e. The highest BCUT2D eigenvalue weighted by Gasteiger charge is 2.10. The quantitative estimate of drug-likeness (QED) is 0.849. The van der Waals surface area contributed by atoms with E-state index >= 15 is 0 Å². The maximum Gasteiger partial charge on any atom is 0.234 e. The van der Waals surface area contributed by atoms with Crippen LogP contribution in [-0.4, -0.2) is 34.9 Å². The van der Waals surface area contributed by atoms with Gasteiger partial charge in [0.1, 0.15) is 11.5 Å². The number of benzene rings is 1. The Morgan fingerprint density at radius 2 is 1.90 bits per heavy atom. The van der Waals surface area contributed by atoms with Crippen molar-refractivity contribution in [2.24, 2.45) is 0 Å². The van der Waals surface area contributed by atoms with Crippen LogP contribution in [0, 0.1) is 0 Å². The van der Waals surface area contributed by atoms with Crippen molar-refractivity contribution in [1.29, 1.82) is 0 Å². The van der Waals surface area contributed by atoms with Crippen molar-refractivity contribution >= 4 is 16.7 Å². The summed E-state index contributed by atoms with van der Waals surface area (Å²) in [5.41, 5.74) is 1.93. The molecule has 20 heavy (non-hydrogen) atoms. The first-order valence-corrected chi connectivity index (χ1v) is 7.73. The van der Waals surface area contributed by atoms with Crippen LogP contribution in [0.25, 0.3) is 11.3 Å². The minimum atomic E-state index is -1.18. The van der Waals surface area contributed by atoms with Crippen LogP contribution in [-0.2, 0) is 21.3 Å². The van der Waals surface area contributed by atoms with Crippen LogP contribution in [0.5, 0.6) is 0 Å². The van der Waals surface area contributed by atoms with Crippen molar-refractivity contribution in [3.8, 4) is 11.3 Å². The van der Waals surface area contributed by atoms with Gasteiger partial charge in [-0.2, -0.15) is 0 Å². The fourth-order valence-corrected chi connectivity index (χ4v) is 2.91. The molecule has 0 N–H and O–H groups in total. The molecule has 0 bridgehead atoms. The second-order valence-electron chi connectivity index (χ2n) is 4.69. The number of amides is 1. The van der Waals surface area contributed by atoms with Crippen LogP contribution in [0.2, 0.25) is 0 Å². The molecule has 2 rings (SSSR count). The third-order valence-electron chi connectivity index (χ3n) is 2.87. The van der Waals surface area contributed by atoms with E-state index in [1.165, 1.54) is 4.90 Å². The van der Waals surface area contributed by atoms with E-state index in [0.29, 0.717) is 5.75 Å². The van der Waals surface area contributed by atoms with E-state index in [4.69, 9.17) is 4.42 Å². The number of hydrogen-bond donors (Lipinski definition) is 0. The molecule has 0 unspecified atom stereocenters. The Hall–Kier alpha value is -1.88. The molecule has 0 spiro atoms. The molecule has 0 aliphatic heterocycles. The summed E-state index contributed by atoms with van der Waals surface area (Å²) in [7, 11) is 2.15. The number of furan rings is 1. The maximum atomic E-state index is 11.9. The van der Waals surface area contributed by atoms with Crippen molar-refractivity contribution in [2.75, 3.05) is 19.8 Å². The third-order valence-corrected chi connectivity index (χ3v) is 4.09. The Balaban J connectivity index is 1.97. The van der Waals surface area contributed by atoms with Gasteiger partial charge in [-0.05, 0) is 17.7 Å². The zero-order valence-electron chi connectivity index (χ0n) is 11.5. The van der Waals surface area contributed by atoms with Gasteiger partial charge in [-0.25, -0.2) is 0 Å². The standard InChI is InChI=1S/C15H17NO3S/c1-16(2)15(17)11-20(18)10-12-5-7-13(8-6-12)14-4-3-9-19-14/h3-9H,10-11H2,1-2H3/t20-/m0/s1. The Kier molecular flexibility index (Phi) is 4.74. The van der Waals surface area contributed by atoms with Crippen LogP contribution >= 0.6 is 0 Å². The number of nitrogens with zero attached hydrogens (tertiary/aromatic N) is 1.